The van der Waals surface area contributed by atoms with Gasteiger partial charge in [0.05, 0.1) is 10.4 Å². The number of aromatic nitrogens is 3. The number of nitrogens with one attached hydrogen (secondary N) is 1. The van der Waals surface area contributed by atoms with Gasteiger partial charge in [0.25, 0.3) is 0 Å². The second-order valence-electron chi connectivity index (χ2n) is 4.26. The molecule has 2 heterocycles. The van der Waals surface area contributed by atoms with Crippen molar-refractivity contribution in [3.8, 4) is 6.01 Å². The molecule has 0 bridgehead atoms. The molecule has 0 radical (unpaired) electrons. The number of ether oxygens (including phenoxy) is 1. The number of rotatable bonds is 6. The maximum Gasteiger partial charge on any atom is 0.322 e. The average Bonchev–Trinajstić information content (AvgIpc) is 2.73. The third-order valence-corrected chi connectivity index (χ3v) is 3.67. The highest BCUT2D eigenvalue weighted by Crippen LogP contribution is 2.21. The molecule has 1 N–H and O–H groups in total. The number of halogens is 2. The number of thiophene rings is 1. The van der Waals surface area contributed by atoms with Crippen molar-refractivity contribution in [2.45, 2.75) is 26.4 Å². The van der Waals surface area contributed by atoms with Crippen molar-refractivity contribution < 1.29 is 4.74 Å². The van der Waals surface area contributed by atoms with Gasteiger partial charge >= 0.3 is 6.01 Å². The molecule has 2 rings (SSSR count). The molecule has 0 atom stereocenters. The van der Waals surface area contributed by atoms with Crippen LogP contribution in [0.3, 0.4) is 0 Å². The van der Waals surface area contributed by atoms with Gasteiger partial charge in [0.2, 0.25) is 11.2 Å². The van der Waals surface area contributed by atoms with Crippen LogP contribution in [0.1, 0.15) is 18.7 Å². The van der Waals surface area contributed by atoms with Gasteiger partial charge in [-0.1, -0.05) is 11.6 Å². The fourth-order valence-corrected chi connectivity index (χ4v) is 2.70. The first-order chi connectivity index (χ1) is 9.52. The highest BCUT2D eigenvalue weighted by atomic mass is 35.5. The van der Waals surface area contributed by atoms with Gasteiger partial charge in [-0.25, -0.2) is 0 Å². The Kier molecular flexibility index (Phi) is 5.39. The summed E-state index contributed by atoms with van der Waals surface area (Å²) in [4.78, 5) is 13.3. The van der Waals surface area contributed by atoms with Crippen LogP contribution in [-0.4, -0.2) is 27.6 Å². The molecule has 8 heteroatoms. The molecule has 0 saturated heterocycles. The Labute approximate surface area is 131 Å². The molecule has 0 aliphatic carbocycles. The van der Waals surface area contributed by atoms with Gasteiger partial charge in [0.15, 0.2) is 0 Å². The van der Waals surface area contributed by atoms with Crippen molar-refractivity contribution in [3.05, 3.63) is 26.6 Å². The van der Waals surface area contributed by atoms with Crippen LogP contribution in [0.15, 0.2) is 12.1 Å². The second-order valence-corrected chi connectivity index (χ2v) is 6.40. The van der Waals surface area contributed by atoms with Crippen molar-refractivity contribution in [2.75, 3.05) is 11.9 Å². The lowest BCUT2D eigenvalue weighted by molar-refractivity contribution is 0.222. The normalized spacial score (nSPS) is 10.8. The molecule has 0 aliphatic heterocycles. The third kappa shape index (κ3) is 4.77. The summed E-state index contributed by atoms with van der Waals surface area (Å²) in [6, 6.07) is 4.11. The third-order valence-electron chi connectivity index (χ3n) is 2.21. The molecular formula is C12H14Cl2N4OS. The van der Waals surface area contributed by atoms with Gasteiger partial charge in [-0.2, -0.15) is 15.0 Å². The molecule has 0 fully saturated rings. The molecule has 20 heavy (non-hydrogen) atoms. The minimum atomic E-state index is -0.0189. The Balaban J connectivity index is 1.93. The van der Waals surface area contributed by atoms with Gasteiger partial charge in [0, 0.05) is 11.4 Å². The maximum absolute atomic E-state index is 5.88. The molecule has 0 aliphatic rings. The topological polar surface area (TPSA) is 59.9 Å². The number of hydrogen-bond acceptors (Lipinski definition) is 6. The predicted octanol–water partition coefficient (Wildman–Crippen LogP) is 3.68. The summed E-state index contributed by atoms with van der Waals surface area (Å²) in [7, 11) is 0. The molecule has 0 saturated carbocycles. The average molecular weight is 333 g/mol. The fourth-order valence-electron chi connectivity index (χ4n) is 1.46. The lowest BCUT2D eigenvalue weighted by Crippen LogP contribution is -2.12. The monoisotopic (exact) mass is 332 g/mol. The molecule has 108 valence electrons. The van der Waals surface area contributed by atoms with Crippen LogP contribution >= 0.6 is 34.5 Å². The first kappa shape index (κ1) is 15.3. The summed E-state index contributed by atoms with van der Waals surface area (Å²) >= 11 is 13.3. The van der Waals surface area contributed by atoms with Crippen LogP contribution in [0.25, 0.3) is 0 Å². The van der Waals surface area contributed by atoms with Crippen LogP contribution in [0.5, 0.6) is 6.01 Å². The van der Waals surface area contributed by atoms with Gasteiger partial charge in [-0.05, 0) is 44.0 Å². The Bertz CT molecular complexity index is 576. The first-order valence-electron chi connectivity index (χ1n) is 6.09. The molecular weight excluding hydrogens is 319 g/mol. The van der Waals surface area contributed by atoms with Crippen LogP contribution in [0.2, 0.25) is 9.62 Å². The Morgan fingerprint density at radius 3 is 2.70 bits per heavy atom. The smallest absolute Gasteiger partial charge is 0.322 e. The second kappa shape index (κ2) is 7.06. The van der Waals surface area contributed by atoms with Gasteiger partial charge in [-0.3, -0.25) is 0 Å². The SMILES string of the molecule is CC(C)Oc1nc(Cl)nc(NCCc2ccc(Cl)s2)n1. The van der Waals surface area contributed by atoms with E-state index < -0.39 is 0 Å². The van der Waals surface area contributed by atoms with E-state index in [2.05, 4.69) is 20.3 Å². The van der Waals surface area contributed by atoms with E-state index in [1.54, 1.807) is 11.3 Å². The first-order valence-corrected chi connectivity index (χ1v) is 7.66. The zero-order valence-electron chi connectivity index (χ0n) is 11.1. The fraction of sp³-hybridized carbons (Fsp3) is 0.417. The summed E-state index contributed by atoms with van der Waals surface area (Å²) in [5.74, 6) is 0.406. The van der Waals surface area contributed by atoms with Crippen LogP contribution in [0.4, 0.5) is 5.95 Å². The van der Waals surface area contributed by atoms with Crippen molar-refractivity contribution >= 4 is 40.5 Å². The Hall–Kier alpha value is -1.11. The van der Waals surface area contributed by atoms with Gasteiger partial charge in [-0.15, -0.1) is 11.3 Å². The summed E-state index contributed by atoms with van der Waals surface area (Å²) in [6.07, 6.45) is 0.815. The van der Waals surface area contributed by atoms with E-state index in [-0.39, 0.29) is 17.4 Å². The van der Waals surface area contributed by atoms with E-state index in [4.69, 9.17) is 27.9 Å². The number of anilines is 1. The minimum absolute atomic E-state index is 0.0189. The molecule has 5 nitrogen and oxygen atoms in total. The number of nitrogens with zero attached hydrogens (tertiary/aromatic N) is 3. The molecule has 2 aromatic rings. The van der Waals surface area contributed by atoms with E-state index in [1.165, 1.54) is 4.88 Å². The Morgan fingerprint density at radius 1 is 1.25 bits per heavy atom. The highest BCUT2D eigenvalue weighted by molar-refractivity contribution is 7.16. The van der Waals surface area contributed by atoms with Crippen LogP contribution < -0.4 is 10.1 Å². The van der Waals surface area contributed by atoms with Crippen molar-refractivity contribution in [1.82, 2.24) is 15.0 Å². The molecule has 0 amide bonds. The lowest BCUT2D eigenvalue weighted by atomic mass is 10.3. The maximum atomic E-state index is 5.88. The highest BCUT2D eigenvalue weighted by Gasteiger charge is 2.07. The largest absolute Gasteiger partial charge is 0.461 e. The number of hydrogen-bond donors (Lipinski definition) is 1. The zero-order valence-corrected chi connectivity index (χ0v) is 13.4. The van der Waals surface area contributed by atoms with E-state index in [9.17, 15) is 0 Å². The van der Waals surface area contributed by atoms with Gasteiger partial charge < -0.3 is 10.1 Å². The molecule has 0 spiro atoms. The lowest BCUT2D eigenvalue weighted by Gasteiger charge is -2.09. The summed E-state index contributed by atoms with van der Waals surface area (Å²) in [6.45, 7) is 4.47. The van der Waals surface area contributed by atoms with E-state index in [0.29, 0.717) is 12.5 Å². The van der Waals surface area contributed by atoms with Crippen molar-refractivity contribution in [1.29, 1.82) is 0 Å². The molecule has 0 aromatic carbocycles. The predicted molar refractivity (Wildman–Crippen MR) is 82.1 cm³/mol. The van der Waals surface area contributed by atoms with Crippen LogP contribution in [-0.2, 0) is 6.42 Å². The van der Waals surface area contributed by atoms with Crippen LogP contribution in [0, 0.1) is 0 Å². The van der Waals surface area contributed by atoms with E-state index in [1.807, 2.05) is 26.0 Å². The van der Waals surface area contributed by atoms with E-state index in [0.717, 1.165) is 10.8 Å². The standard InChI is InChI=1S/C12H14Cl2N4OS/c1-7(2)19-12-17-10(14)16-11(18-12)15-6-5-8-3-4-9(13)20-8/h3-4,7H,5-6H2,1-2H3,(H,15,16,17,18). The van der Waals surface area contributed by atoms with Gasteiger partial charge in [0.1, 0.15) is 0 Å². The quantitative estimate of drug-likeness (QED) is 0.874. The zero-order chi connectivity index (χ0) is 14.5. The minimum Gasteiger partial charge on any atom is -0.461 e. The molecule has 2 aromatic heterocycles. The van der Waals surface area contributed by atoms with E-state index >= 15 is 0 Å². The molecule has 0 unspecified atom stereocenters. The Morgan fingerprint density at radius 2 is 2.05 bits per heavy atom. The summed E-state index contributed by atoms with van der Waals surface area (Å²) in [5, 5.41) is 3.20. The summed E-state index contributed by atoms with van der Waals surface area (Å²) in [5.41, 5.74) is 0. The van der Waals surface area contributed by atoms with Crippen molar-refractivity contribution in [3.63, 3.8) is 0 Å². The summed E-state index contributed by atoms with van der Waals surface area (Å²) < 4.78 is 6.19. The van der Waals surface area contributed by atoms with Crippen molar-refractivity contribution in [2.24, 2.45) is 0 Å².